The van der Waals surface area contributed by atoms with Crippen molar-refractivity contribution in [3.8, 4) is 0 Å². The molecule has 1 aromatic carbocycles. The van der Waals surface area contributed by atoms with Crippen LogP contribution in [0.5, 0.6) is 0 Å². The summed E-state index contributed by atoms with van der Waals surface area (Å²) in [5, 5.41) is 2.84. The molecule has 2 aromatic rings. The Hall–Kier alpha value is -2.40. The van der Waals surface area contributed by atoms with Crippen molar-refractivity contribution in [2.24, 2.45) is 0 Å². The van der Waals surface area contributed by atoms with E-state index in [0.717, 1.165) is 17.9 Å². The molecule has 0 atom stereocenters. The molecule has 1 amide bonds. The van der Waals surface area contributed by atoms with E-state index in [4.69, 9.17) is 5.73 Å². The fourth-order valence-corrected chi connectivity index (χ4v) is 1.98. The molecule has 0 bridgehead atoms. The summed E-state index contributed by atoms with van der Waals surface area (Å²) >= 11 is 0. The van der Waals surface area contributed by atoms with E-state index in [1.165, 1.54) is 0 Å². The zero-order valence-electron chi connectivity index (χ0n) is 12.1. The summed E-state index contributed by atoms with van der Waals surface area (Å²) in [6, 6.07) is 13.0. The average molecular weight is 284 g/mol. The number of benzene rings is 1. The SMILES string of the molecule is CN(CCC(=O)Nc1cccc(N)c1)Cc1ccccn1. The maximum atomic E-state index is 11.9. The van der Waals surface area contributed by atoms with Gasteiger partial charge in [-0.25, -0.2) is 0 Å². The molecule has 0 saturated heterocycles. The number of hydrogen-bond donors (Lipinski definition) is 2. The fraction of sp³-hybridized carbons (Fsp3) is 0.250. The molecule has 0 radical (unpaired) electrons. The number of nitrogen functional groups attached to an aromatic ring is 1. The lowest BCUT2D eigenvalue weighted by molar-refractivity contribution is -0.116. The van der Waals surface area contributed by atoms with Crippen LogP contribution in [0.25, 0.3) is 0 Å². The van der Waals surface area contributed by atoms with Crippen molar-refractivity contribution in [1.29, 1.82) is 0 Å². The van der Waals surface area contributed by atoms with E-state index >= 15 is 0 Å². The van der Waals surface area contributed by atoms with Crippen molar-refractivity contribution in [2.75, 3.05) is 24.6 Å². The summed E-state index contributed by atoms with van der Waals surface area (Å²) in [7, 11) is 1.97. The zero-order chi connectivity index (χ0) is 15.1. The number of rotatable bonds is 6. The third kappa shape index (κ3) is 5.24. The van der Waals surface area contributed by atoms with Gasteiger partial charge >= 0.3 is 0 Å². The molecule has 2 rings (SSSR count). The molecule has 1 heterocycles. The normalized spacial score (nSPS) is 10.6. The molecule has 5 nitrogen and oxygen atoms in total. The molecule has 0 aliphatic rings. The smallest absolute Gasteiger partial charge is 0.225 e. The van der Waals surface area contributed by atoms with E-state index in [-0.39, 0.29) is 5.91 Å². The van der Waals surface area contributed by atoms with Crippen LogP contribution in [0.15, 0.2) is 48.7 Å². The number of aromatic nitrogens is 1. The van der Waals surface area contributed by atoms with E-state index < -0.39 is 0 Å². The number of nitrogens with zero attached hydrogens (tertiary/aromatic N) is 2. The predicted molar refractivity (Wildman–Crippen MR) is 84.7 cm³/mol. The van der Waals surface area contributed by atoms with Crippen molar-refractivity contribution < 1.29 is 4.79 Å². The summed E-state index contributed by atoms with van der Waals surface area (Å²) in [5.41, 5.74) is 8.04. The Morgan fingerprint density at radius 1 is 1.29 bits per heavy atom. The highest BCUT2D eigenvalue weighted by Crippen LogP contribution is 2.12. The van der Waals surface area contributed by atoms with Crippen LogP contribution >= 0.6 is 0 Å². The van der Waals surface area contributed by atoms with Gasteiger partial charge in [0.1, 0.15) is 0 Å². The van der Waals surface area contributed by atoms with Crippen molar-refractivity contribution in [3.05, 3.63) is 54.4 Å². The summed E-state index contributed by atoms with van der Waals surface area (Å²) in [4.78, 5) is 18.2. The predicted octanol–water partition coefficient (Wildman–Crippen LogP) is 2.12. The first kappa shape index (κ1) is 15.0. The first-order valence-electron chi connectivity index (χ1n) is 6.87. The average Bonchev–Trinajstić information content (AvgIpc) is 2.46. The molecule has 0 aliphatic carbocycles. The summed E-state index contributed by atoms with van der Waals surface area (Å²) < 4.78 is 0. The second-order valence-electron chi connectivity index (χ2n) is 4.98. The lowest BCUT2D eigenvalue weighted by Crippen LogP contribution is -2.24. The summed E-state index contributed by atoms with van der Waals surface area (Å²) in [6.07, 6.45) is 2.20. The van der Waals surface area contributed by atoms with Crippen LogP contribution in [0.4, 0.5) is 11.4 Å². The molecule has 0 spiro atoms. The van der Waals surface area contributed by atoms with Crippen molar-refractivity contribution in [2.45, 2.75) is 13.0 Å². The van der Waals surface area contributed by atoms with E-state index in [0.29, 0.717) is 18.7 Å². The Balaban J connectivity index is 1.76. The van der Waals surface area contributed by atoms with Gasteiger partial charge in [0.15, 0.2) is 0 Å². The van der Waals surface area contributed by atoms with Crippen LogP contribution in [-0.2, 0) is 11.3 Å². The highest BCUT2D eigenvalue weighted by atomic mass is 16.1. The second-order valence-corrected chi connectivity index (χ2v) is 4.98. The summed E-state index contributed by atoms with van der Waals surface area (Å²) in [6.45, 7) is 1.40. The number of nitrogens with one attached hydrogen (secondary N) is 1. The van der Waals surface area contributed by atoms with E-state index in [1.807, 2.05) is 37.4 Å². The summed E-state index contributed by atoms with van der Waals surface area (Å²) in [5.74, 6) is -0.0199. The Morgan fingerprint density at radius 2 is 2.14 bits per heavy atom. The van der Waals surface area contributed by atoms with E-state index in [1.54, 1.807) is 18.3 Å². The topological polar surface area (TPSA) is 71.2 Å². The molecule has 21 heavy (non-hydrogen) atoms. The van der Waals surface area contributed by atoms with Gasteiger partial charge in [0.25, 0.3) is 0 Å². The Morgan fingerprint density at radius 3 is 2.86 bits per heavy atom. The van der Waals surface area contributed by atoms with Crippen LogP contribution in [0, 0.1) is 0 Å². The second kappa shape index (κ2) is 7.40. The monoisotopic (exact) mass is 284 g/mol. The third-order valence-electron chi connectivity index (χ3n) is 3.05. The standard InChI is InChI=1S/C16H20N4O/c1-20(12-15-6-2-3-9-18-15)10-8-16(21)19-14-7-4-5-13(17)11-14/h2-7,9,11H,8,10,12,17H2,1H3,(H,19,21). The minimum absolute atomic E-state index is 0.0199. The Labute approximate surface area is 124 Å². The van der Waals surface area contributed by atoms with Gasteiger partial charge in [-0.2, -0.15) is 0 Å². The van der Waals surface area contributed by atoms with Crippen molar-refractivity contribution >= 4 is 17.3 Å². The highest BCUT2D eigenvalue weighted by Gasteiger charge is 2.06. The number of carbonyl (C=O) groups excluding carboxylic acids is 1. The van der Waals surface area contributed by atoms with Crippen LogP contribution in [0.2, 0.25) is 0 Å². The zero-order valence-corrected chi connectivity index (χ0v) is 12.1. The van der Waals surface area contributed by atoms with Gasteiger partial charge in [-0.1, -0.05) is 12.1 Å². The molecule has 110 valence electrons. The molecule has 1 aromatic heterocycles. The lowest BCUT2D eigenvalue weighted by Gasteiger charge is -2.15. The number of hydrogen-bond acceptors (Lipinski definition) is 4. The number of carbonyl (C=O) groups is 1. The largest absolute Gasteiger partial charge is 0.399 e. The van der Waals surface area contributed by atoms with E-state index in [2.05, 4.69) is 15.2 Å². The molecule has 0 aliphatic heterocycles. The van der Waals surface area contributed by atoms with Crippen LogP contribution in [-0.4, -0.2) is 29.4 Å². The molecular weight excluding hydrogens is 264 g/mol. The molecule has 0 fully saturated rings. The van der Waals surface area contributed by atoms with Crippen molar-refractivity contribution in [3.63, 3.8) is 0 Å². The first-order chi connectivity index (χ1) is 10.1. The minimum Gasteiger partial charge on any atom is -0.399 e. The van der Waals surface area contributed by atoms with Gasteiger partial charge in [-0.05, 0) is 37.4 Å². The first-order valence-corrected chi connectivity index (χ1v) is 6.87. The minimum atomic E-state index is -0.0199. The number of pyridine rings is 1. The molecule has 0 saturated carbocycles. The van der Waals surface area contributed by atoms with E-state index in [9.17, 15) is 4.79 Å². The molecule has 0 unspecified atom stereocenters. The van der Waals surface area contributed by atoms with Gasteiger partial charge < -0.3 is 16.0 Å². The van der Waals surface area contributed by atoms with Gasteiger partial charge in [-0.3, -0.25) is 9.78 Å². The maximum Gasteiger partial charge on any atom is 0.225 e. The van der Waals surface area contributed by atoms with Crippen LogP contribution in [0.1, 0.15) is 12.1 Å². The number of nitrogens with two attached hydrogens (primary N) is 1. The maximum absolute atomic E-state index is 11.9. The Bertz CT molecular complexity index is 586. The highest BCUT2D eigenvalue weighted by molar-refractivity contribution is 5.91. The van der Waals surface area contributed by atoms with Crippen LogP contribution < -0.4 is 11.1 Å². The van der Waals surface area contributed by atoms with Gasteiger partial charge in [0, 0.05) is 37.1 Å². The quantitative estimate of drug-likeness (QED) is 0.797. The van der Waals surface area contributed by atoms with Crippen LogP contribution in [0.3, 0.4) is 0 Å². The number of anilines is 2. The molecule has 3 N–H and O–H groups in total. The van der Waals surface area contributed by atoms with Crippen molar-refractivity contribution in [1.82, 2.24) is 9.88 Å². The number of amides is 1. The van der Waals surface area contributed by atoms with Gasteiger partial charge in [-0.15, -0.1) is 0 Å². The lowest BCUT2D eigenvalue weighted by atomic mass is 10.2. The Kier molecular flexibility index (Phi) is 5.29. The molecule has 5 heteroatoms. The third-order valence-corrected chi connectivity index (χ3v) is 3.05. The fourth-order valence-electron chi connectivity index (χ4n) is 1.98. The van der Waals surface area contributed by atoms with Gasteiger partial charge in [0.2, 0.25) is 5.91 Å². The molecular formula is C16H20N4O. The van der Waals surface area contributed by atoms with Gasteiger partial charge in [0.05, 0.1) is 5.69 Å².